The van der Waals surface area contributed by atoms with E-state index in [0.717, 1.165) is 12.1 Å². The first-order chi connectivity index (χ1) is 9.20. The molecule has 1 N–H and O–H groups in total. The molecule has 1 aliphatic carbocycles. The van der Waals surface area contributed by atoms with Gasteiger partial charge < -0.3 is 10.1 Å². The van der Waals surface area contributed by atoms with Gasteiger partial charge in [-0.1, -0.05) is 32.3 Å². The second kappa shape index (κ2) is 6.90. The van der Waals surface area contributed by atoms with Crippen molar-refractivity contribution in [2.75, 3.05) is 7.11 Å². The van der Waals surface area contributed by atoms with Gasteiger partial charge in [-0.3, -0.25) is 0 Å². The molecule has 2 atom stereocenters. The summed E-state index contributed by atoms with van der Waals surface area (Å²) in [6.07, 6.45) is 6.53. The van der Waals surface area contributed by atoms with E-state index in [4.69, 9.17) is 4.74 Å². The number of nitrogens with one attached hydrogen (secondary N) is 1. The maximum Gasteiger partial charge on any atom is 0.165 e. The number of ether oxygens (including phenoxy) is 1. The molecule has 1 saturated carbocycles. The molecule has 0 heterocycles. The Hall–Kier alpha value is -1.09. The summed E-state index contributed by atoms with van der Waals surface area (Å²) in [4.78, 5) is 0. The Labute approximate surface area is 115 Å². The van der Waals surface area contributed by atoms with Crippen LogP contribution in [0.3, 0.4) is 0 Å². The van der Waals surface area contributed by atoms with Gasteiger partial charge in [0.2, 0.25) is 0 Å². The summed E-state index contributed by atoms with van der Waals surface area (Å²) < 4.78 is 18.5. The van der Waals surface area contributed by atoms with Gasteiger partial charge in [-0.15, -0.1) is 0 Å². The van der Waals surface area contributed by atoms with Crippen molar-refractivity contribution in [1.82, 2.24) is 5.32 Å². The molecule has 106 valence electrons. The summed E-state index contributed by atoms with van der Waals surface area (Å²) in [5.41, 5.74) is 0.981. The van der Waals surface area contributed by atoms with E-state index in [1.165, 1.54) is 39.2 Å². The molecular formula is C16H24FNO. The highest BCUT2D eigenvalue weighted by molar-refractivity contribution is 5.29. The highest BCUT2D eigenvalue weighted by Crippen LogP contribution is 2.23. The van der Waals surface area contributed by atoms with Crippen LogP contribution < -0.4 is 10.1 Å². The van der Waals surface area contributed by atoms with E-state index in [-0.39, 0.29) is 5.82 Å². The van der Waals surface area contributed by atoms with Gasteiger partial charge >= 0.3 is 0 Å². The molecule has 1 aromatic carbocycles. The van der Waals surface area contributed by atoms with Gasteiger partial charge in [0.1, 0.15) is 0 Å². The number of hydrogen-bond acceptors (Lipinski definition) is 2. The van der Waals surface area contributed by atoms with Crippen molar-refractivity contribution in [3.63, 3.8) is 0 Å². The van der Waals surface area contributed by atoms with Crippen molar-refractivity contribution in [2.45, 2.75) is 51.6 Å². The summed E-state index contributed by atoms with van der Waals surface area (Å²) in [5.74, 6) is 0.743. The number of halogens is 1. The van der Waals surface area contributed by atoms with E-state index in [9.17, 15) is 4.39 Å². The molecule has 0 aromatic heterocycles. The van der Waals surface area contributed by atoms with Crippen LogP contribution in [-0.2, 0) is 6.54 Å². The van der Waals surface area contributed by atoms with Gasteiger partial charge in [0, 0.05) is 12.6 Å². The number of hydrogen-bond donors (Lipinski definition) is 1. The Morgan fingerprint density at radius 1 is 1.26 bits per heavy atom. The maximum atomic E-state index is 13.6. The molecule has 2 rings (SSSR count). The minimum atomic E-state index is -0.282. The fourth-order valence-electron chi connectivity index (χ4n) is 2.87. The van der Waals surface area contributed by atoms with Crippen molar-refractivity contribution in [2.24, 2.45) is 5.92 Å². The Bertz CT molecular complexity index is 408. The second-order valence-corrected chi connectivity index (χ2v) is 5.57. The maximum absolute atomic E-state index is 13.6. The molecule has 2 nitrogen and oxygen atoms in total. The van der Waals surface area contributed by atoms with Gasteiger partial charge in [-0.05, 0) is 36.5 Å². The minimum Gasteiger partial charge on any atom is -0.494 e. The zero-order valence-corrected chi connectivity index (χ0v) is 11.9. The third-order valence-corrected chi connectivity index (χ3v) is 4.15. The fourth-order valence-corrected chi connectivity index (χ4v) is 2.87. The molecule has 1 aliphatic rings. The lowest BCUT2D eigenvalue weighted by Crippen LogP contribution is -2.33. The average Bonchev–Trinajstić information content (AvgIpc) is 2.61. The van der Waals surface area contributed by atoms with Crippen LogP contribution in [0, 0.1) is 11.7 Å². The van der Waals surface area contributed by atoms with Crippen LogP contribution in [0.2, 0.25) is 0 Å². The Morgan fingerprint density at radius 3 is 2.79 bits per heavy atom. The van der Waals surface area contributed by atoms with Crippen molar-refractivity contribution in [3.8, 4) is 5.75 Å². The zero-order chi connectivity index (χ0) is 13.7. The third kappa shape index (κ3) is 3.93. The predicted molar refractivity (Wildman–Crippen MR) is 75.8 cm³/mol. The summed E-state index contributed by atoms with van der Waals surface area (Å²) in [6, 6.07) is 5.75. The first-order valence-electron chi connectivity index (χ1n) is 7.26. The van der Waals surface area contributed by atoms with E-state index in [2.05, 4.69) is 12.2 Å². The Balaban J connectivity index is 1.92. The summed E-state index contributed by atoms with van der Waals surface area (Å²) in [7, 11) is 1.49. The molecule has 0 bridgehead atoms. The second-order valence-electron chi connectivity index (χ2n) is 5.57. The van der Waals surface area contributed by atoms with E-state index < -0.39 is 0 Å². The molecule has 19 heavy (non-hydrogen) atoms. The smallest absolute Gasteiger partial charge is 0.165 e. The molecule has 1 fully saturated rings. The zero-order valence-electron chi connectivity index (χ0n) is 11.9. The van der Waals surface area contributed by atoms with E-state index >= 15 is 0 Å². The molecule has 0 spiro atoms. The summed E-state index contributed by atoms with van der Waals surface area (Å²) in [6.45, 7) is 3.05. The Kier molecular flexibility index (Phi) is 5.20. The standard InChI is InChI=1S/C16H24FNO/c1-12-6-4-3-5-7-15(12)18-11-13-8-9-16(19-2)14(17)10-13/h8-10,12,15,18H,3-7,11H2,1-2H3. The lowest BCUT2D eigenvalue weighted by atomic mass is 9.97. The Morgan fingerprint density at radius 2 is 2.05 bits per heavy atom. The average molecular weight is 265 g/mol. The van der Waals surface area contributed by atoms with Crippen LogP contribution in [0.15, 0.2) is 18.2 Å². The van der Waals surface area contributed by atoms with E-state index in [0.29, 0.717) is 17.7 Å². The quantitative estimate of drug-likeness (QED) is 0.834. The molecule has 3 heteroatoms. The van der Waals surface area contributed by atoms with Gasteiger partial charge in [0.25, 0.3) is 0 Å². The molecule has 0 aliphatic heterocycles. The fraction of sp³-hybridized carbons (Fsp3) is 0.625. The van der Waals surface area contributed by atoms with Crippen LogP contribution in [0.5, 0.6) is 5.75 Å². The topological polar surface area (TPSA) is 21.3 Å². The normalized spacial score (nSPS) is 23.9. The molecule has 0 saturated heterocycles. The van der Waals surface area contributed by atoms with Crippen molar-refractivity contribution >= 4 is 0 Å². The van der Waals surface area contributed by atoms with E-state index in [1.54, 1.807) is 12.1 Å². The summed E-state index contributed by atoms with van der Waals surface area (Å²) >= 11 is 0. The van der Waals surface area contributed by atoms with Crippen LogP contribution in [-0.4, -0.2) is 13.2 Å². The van der Waals surface area contributed by atoms with Gasteiger partial charge in [-0.2, -0.15) is 0 Å². The number of methoxy groups -OCH3 is 1. The highest BCUT2D eigenvalue weighted by atomic mass is 19.1. The third-order valence-electron chi connectivity index (χ3n) is 4.15. The SMILES string of the molecule is COc1ccc(CNC2CCCCCC2C)cc1F. The van der Waals surface area contributed by atoms with Crippen molar-refractivity contribution < 1.29 is 9.13 Å². The van der Waals surface area contributed by atoms with Crippen LogP contribution in [0.25, 0.3) is 0 Å². The molecule has 0 amide bonds. The summed E-state index contributed by atoms with van der Waals surface area (Å²) in [5, 5.41) is 3.58. The first-order valence-corrected chi connectivity index (χ1v) is 7.26. The van der Waals surface area contributed by atoms with Crippen LogP contribution in [0.1, 0.15) is 44.6 Å². The van der Waals surface area contributed by atoms with Crippen molar-refractivity contribution in [3.05, 3.63) is 29.6 Å². The molecule has 1 aromatic rings. The highest BCUT2D eigenvalue weighted by Gasteiger charge is 2.19. The lowest BCUT2D eigenvalue weighted by molar-refractivity contribution is 0.355. The van der Waals surface area contributed by atoms with Crippen LogP contribution >= 0.6 is 0 Å². The van der Waals surface area contributed by atoms with Gasteiger partial charge in [-0.25, -0.2) is 4.39 Å². The number of rotatable bonds is 4. The largest absolute Gasteiger partial charge is 0.494 e. The first kappa shape index (κ1) is 14.3. The molecule has 0 radical (unpaired) electrons. The van der Waals surface area contributed by atoms with Crippen molar-refractivity contribution in [1.29, 1.82) is 0 Å². The number of benzene rings is 1. The van der Waals surface area contributed by atoms with Gasteiger partial charge in [0.15, 0.2) is 11.6 Å². The minimum absolute atomic E-state index is 0.282. The lowest BCUT2D eigenvalue weighted by Gasteiger charge is -2.23. The molecule has 2 unspecified atom stereocenters. The van der Waals surface area contributed by atoms with E-state index in [1.807, 2.05) is 6.07 Å². The predicted octanol–water partition coefficient (Wildman–Crippen LogP) is 3.89. The van der Waals surface area contributed by atoms with Crippen LogP contribution in [0.4, 0.5) is 4.39 Å². The molecular weight excluding hydrogens is 241 g/mol. The monoisotopic (exact) mass is 265 g/mol. The van der Waals surface area contributed by atoms with Gasteiger partial charge in [0.05, 0.1) is 7.11 Å².